The van der Waals surface area contributed by atoms with Crippen LogP contribution >= 0.6 is 0 Å². The van der Waals surface area contributed by atoms with Crippen molar-refractivity contribution in [3.63, 3.8) is 0 Å². The first kappa shape index (κ1) is 8.59. The molecule has 0 spiro atoms. The summed E-state index contributed by atoms with van der Waals surface area (Å²) in [7, 11) is 0. The molecule has 0 bridgehead atoms. The molecule has 12 heavy (non-hydrogen) atoms. The van der Waals surface area contributed by atoms with Gasteiger partial charge in [-0.2, -0.15) is 0 Å². The van der Waals surface area contributed by atoms with Crippen LogP contribution in [0, 0.1) is 0 Å². The Morgan fingerprint density at radius 1 is 1.58 bits per heavy atom. The Morgan fingerprint density at radius 2 is 2.50 bits per heavy atom. The van der Waals surface area contributed by atoms with Crippen LogP contribution in [-0.2, 0) is 11.2 Å². The van der Waals surface area contributed by atoms with Crippen LogP contribution in [0.15, 0.2) is 29.5 Å². The maximum absolute atomic E-state index is 9.89. The minimum Gasteiger partial charge on any atom is -0.301 e. The number of hydrogen-bond acceptors (Lipinski definition) is 3. The SMILES string of the molecule is O=CCN=CCc1cccnc1. The number of carbonyl (C=O) groups is 1. The molecule has 1 aromatic heterocycles. The zero-order valence-electron chi connectivity index (χ0n) is 6.68. The van der Waals surface area contributed by atoms with Crippen LogP contribution in [0.3, 0.4) is 0 Å². The molecule has 0 radical (unpaired) electrons. The third-order valence-electron chi connectivity index (χ3n) is 1.36. The maximum Gasteiger partial charge on any atom is 0.141 e. The van der Waals surface area contributed by atoms with Crippen LogP contribution in [0.25, 0.3) is 0 Å². The molecule has 0 N–H and O–H groups in total. The van der Waals surface area contributed by atoms with Gasteiger partial charge >= 0.3 is 0 Å². The maximum atomic E-state index is 9.89. The van der Waals surface area contributed by atoms with Crippen LogP contribution < -0.4 is 0 Å². The van der Waals surface area contributed by atoms with Crippen molar-refractivity contribution in [3.8, 4) is 0 Å². The normalized spacial score (nSPS) is 10.3. The number of aromatic nitrogens is 1. The van der Waals surface area contributed by atoms with Gasteiger partial charge in [-0.15, -0.1) is 0 Å². The highest BCUT2D eigenvalue weighted by Gasteiger charge is 1.86. The summed E-state index contributed by atoms with van der Waals surface area (Å²) in [6, 6.07) is 3.85. The van der Waals surface area contributed by atoms with Gasteiger partial charge in [-0.05, 0) is 11.6 Å². The fourth-order valence-electron chi connectivity index (χ4n) is 0.806. The Kier molecular flexibility index (Phi) is 3.71. The van der Waals surface area contributed by atoms with Crippen LogP contribution in [0.5, 0.6) is 0 Å². The molecule has 0 fully saturated rings. The van der Waals surface area contributed by atoms with Gasteiger partial charge in [-0.3, -0.25) is 9.98 Å². The molecule has 62 valence electrons. The van der Waals surface area contributed by atoms with E-state index >= 15 is 0 Å². The number of aldehydes is 1. The van der Waals surface area contributed by atoms with Crippen molar-refractivity contribution in [1.29, 1.82) is 0 Å². The highest BCUT2D eigenvalue weighted by atomic mass is 16.1. The van der Waals surface area contributed by atoms with Crippen molar-refractivity contribution >= 4 is 12.5 Å². The largest absolute Gasteiger partial charge is 0.301 e. The van der Waals surface area contributed by atoms with Crippen molar-refractivity contribution < 1.29 is 4.79 Å². The van der Waals surface area contributed by atoms with E-state index in [4.69, 9.17) is 0 Å². The molecule has 3 heteroatoms. The first-order valence-electron chi connectivity index (χ1n) is 3.74. The summed E-state index contributed by atoms with van der Waals surface area (Å²) in [5, 5.41) is 0. The zero-order chi connectivity index (χ0) is 8.65. The Labute approximate surface area is 71.2 Å². The van der Waals surface area contributed by atoms with Gasteiger partial charge in [0.05, 0.1) is 6.54 Å². The molecule has 0 aliphatic heterocycles. The minimum absolute atomic E-state index is 0.250. The quantitative estimate of drug-likeness (QED) is 0.487. The van der Waals surface area contributed by atoms with E-state index in [1.165, 1.54) is 0 Å². The monoisotopic (exact) mass is 162 g/mol. The van der Waals surface area contributed by atoms with E-state index in [9.17, 15) is 4.79 Å². The number of nitrogens with zero attached hydrogens (tertiary/aromatic N) is 2. The second kappa shape index (κ2) is 5.18. The Bertz CT molecular complexity index is 256. The van der Waals surface area contributed by atoms with Crippen molar-refractivity contribution in [2.75, 3.05) is 6.54 Å². The third-order valence-corrected chi connectivity index (χ3v) is 1.36. The summed E-state index contributed by atoms with van der Waals surface area (Å²) in [6.07, 6.45) is 6.76. The van der Waals surface area contributed by atoms with Crippen LogP contribution in [0.2, 0.25) is 0 Å². The van der Waals surface area contributed by atoms with Gasteiger partial charge in [-0.1, -0.05) is 6.07 Å². The minimum atomic E-state index is 0.250. The lowest BCUT2D eigenvalue weighted by Crippen LogP contribution is -1.88. The highest BCUT2D eigenvalue weighted by Crippen LogP contribution is 1.94. The number of aliphatic imine (C=N–C) groups is 1. The molecule has 1 heterocycles. The van der Waals surface area contributed by atoms with E-state index in [2.05, 4.69) is 9.98 Å². The average Bonchev–Trinajstić information content (AvgIpc) is 2.14. The smallest absolute Gasteiger partial charge is 0.141 e. The van der Waals surface area contributed by atoms with E-state index in [0.717, 1.165) is 18.3 Å². The summed E-state index contributed by atoms with van der Waals surface area (Å²) >= 11 is 0. The standard InChI is InChI=1S/C9H10N2O/c12-7-6-10-5-3-9-2-1-4-11-8-9/h1-2,4-5,7-8H,3,6H2. The molecule has 3 nitrogen and oxygen atoms in total. The van der Waals surface area contributed by atoms with Gasteiger partial charge in [-0.25, -0.2) is 0 Å². The summed E-state index contributed by atoms with van der Waals surface area (Å²) in [5.74, 6) is 0. The van der Waals surface area contributed by atoms with Crippen molar-refractivity contribution in [2.45, 2.75) is 6.42 Å². The lowest BCUT2D eigenvalue weighted by molar-refractivity contribution is -0.106. The van der Waals surface area contributed by atoms with Gasteiger partial charge in [0.25, 0.3) is 0 Å². The van der Waals surface area contributed by atoms with Crippen molar-refractivity contribution in [3.05, 3.63) is 30.1 Å². The summed E-state index contributed by atoms with van der Waals surface area (Å²) < 4.78 is 0. The highest BCUT2D eigenvalue weighted by molar-refractivity contribution is 5.64. The van der Waals surface area contributed by atoms with Gasteiger partial charge in [0, 0.05) is 25.0 Å². The first-order chi connectivity index (χ1) is 5.93. The van der Waals surface area contributed by atoms with E-state index < -0.39 is 0 Å². The van der Waals surface area contributed by atoms with Crippen LogP contribution in [-0.4, -0.2) is 24.0 Å². The fraction of sp³-hybridized carbons (Fsp3) is 0.222. The number of rotatable bonds is 4. The molecular weight excluding hydrogens is 152 g/mol. The Balaban J connectivity index is 2.38. The fourth-order valence-corrected chi connectivity index (χ4v) is 0.806. The lowest BCUT2D eigenvalue weighted by Gasteiger charge is -1.91. The molecule has 0 aromatic carbocycles. The van der Waals surface area contributed by atoms with E-state index in [1.807, 2.05) is 12.1 Å². The molecule has 0 saturated carbocycles. The average molecular weight is 162 g/mol. The molecule has 0 saturated heterocycles. The molecule has 1 aromatic rings. The summed E-state index contributed by atoms with van der Waals surface area (Å²) in [6.45, 7) is 0.250. The second-order valence-electron chi connectivity index (χ2n) is 2.28. The van der Waals surface area contributed by atoms with Crippen LogP contribution in [0.4, 0.5) is 0 Å². The second-order valence-corrected chi connectivity index (χ2v) is 2.28. The predicted octanol–water partition coefficient (Wildman–Crippen LogP) is 0.894. The lowest BCUT2D eigenvalue weighted by atomic mass is 10.2. The zero-order valence-corrected chi connectivity index (χ0v) is 6.68. The number of pyridine rings is 1. The molecule has 1 rings (SSSR count). The van der Waals surface area contributed by atoms with E-state index in [-0.39, 0.29) is 6.54 Å². The molecule has 0 amide bonds. The van der Waals surface area contributed by atoms with E-state index in [0.29, 0.717) is 0 Å². The predicted molar refractivity (Wildman–Crippen MR) is 47.4 cm³/mol. The number of carbonyl (C=O) groups excluding carboxylic acids is 1. The number of hydrogen-bond donors (Lipinski definition) is 0. The summed E-state index contributed by atoms with van der Waals surface area (Å²) in [4.78, 5) is 17.7. The van der Waals surface area contributed by atoms with Gasteiger partial charge in [0.2, 0.25) is 0 Å². The summed E-state index contributed by atoms with van der Waals surface area (Å²) in [5.41, 5.74) is 1.10. The Hall–Kier alpha value is -1.51. The molecule has 0 aliphatic carbocycles. The molecule has 0 unspecified atom stereocenters. The van der Waals surface area contributed by atoms with E-state index in [1.54, 1.807) is 18.6 Å². The molecular formula is C9H10N2O. The first-order valence-corrected chi connectivity index (χ1v) is 3.74. The van der Waals surface area contributed by atoms with Gasteiger partial charge in [0.1, 0.15) is 6.29 Å². The van der Waals surface area contributed by atoms with Crippen molar-refractivity contribution in [2.24, 2.45) is 4.99 Å². The van der Waals surface area contributed by atoms with Crippen LogP contribution in [0.1, 0.15) is 5.56 Å². The van der Waals surface area contributed by atoms with Gasteiger partial charge in [0.15, 0.2) is 0 Å². The third kappa shape index (κ3) is 3.05. The molecule has 0 aliphatic rings. The molecule has 0 atom stereocenters. The Morgan fingerprint density at radius 3 is 3.17 bits per heavy atom. The van der Waals surface area contributed by atoms with Gasteiger partial charge < -0.3 is 4.79 Å². The topological polar surface area (TPSA) is 42.3 Å². The van der Waals surface area contributed by atoms with Crippen molar-refractivity contribution in [1.82, 2.24) is 4.98 Å².